The standard InChI is InChI=1S/C12H13N.C3H6O2/c1-2-9-13-12-8-7-10-5-3-4-6-11(10)12;1-2-3(4)5/h1,3-6,12-13H,7-9H2;2H2,1H3,(H,4,5)/p-1/t12-;/m1./s1. The molecule has 0 amide bonds. The SMILES string of the molecule is C#CCN[C@@H]1CCc2ccccc21.CCC(=O)[O-]. The number of fused-ring (bicyclic) bond motifs is 1. The first-order valence-corrected chi connectivity index (χ1v) is 6.13. The van der Waals surface area contributed by atoms with Crippen molar-refractivity contribution in [3.63, 3.8) is 0 Å². The predicted molar refractivity (Wildman–Crippen MR) is 69.6 cm³/mol. The lowest BCUT2D eigenvalue weighted by Crippen LogP contribution is -2.19. The molecule has 0 radical (unpaired) electrons. The van der Waals surface area contributed by atoms with Crippen LogP contribution in [0.2, 0.25) is 0 Å². The summed E-state index contributed by atoms with van der Waals surface area (Å²) in [7, 11) is 0. The van der Waals surface area contributed by atoms with Gasteiger partial charge in [0.05, 0.1) is 6.54 Å². The fourth-order valence-electron chi connectivity index (χ4n) is 1.95. The number of carboxylic acids is 1. The molecule has 1 N–H and O–H groups in total. The van der Waals surface area contributed by atoms with Crippen LogP contribution in [0.5, 0.6) is 0 Å². The van der Waals surface area contributed by atoms with Crippen LogP contribution in [0.3, 0.4) is 0 Å². The van der Waals surface area contributed by atoms with E-state index in [1.807, 2.05) is 0 Å². The summed E-state index contributed by atoms with van der Waals surface area (Å²) < 4.78 is 0. The fourth-order valence-corrected chi connectivity index (χ4v) is 1.95. The molecule has 2 rings (SSSR count). The number of terminal acetylenes is 1. The van der Waals surface area contributed by atoms with Gasteiger partial charge in [0, 0.05) is 12.0 Å². The zero-order chi connectivity index (χ0) is 13.4. The molecule has 0 fully saturated rings. The molecule has 1 aliphatic rings. The summed E-state index contributed by atoms with van der Waals surface area (Å²) in [5.74, 6) is 1.62. The highest BCUT2D eigenvalue weighted by molar-refractivity contribution is 5.63. The smallest absolute Gasteiger partial charge is 0.0578 e. The van der Waals surface area contributed by atoms with E-state index in [0.29, 0.717) is 12.6 Å². The highest BCUT2D eigenvalue weighted by Crippen LogP contribution is 2.30. The Labute approximate surface area is 108 Å². The third-order valence-electron chi connectivity index (χ3n) is 2.87. The van der Waals surface area contributed by atoms with Gasteiger partial charge in [0.15, 0.2) is 0 Å². The predicted octanol–water partition coefficient (Wildman–Crippen LogP) is 1.04. The molecule has 1 aromatic rings. The Bertz CT molecular complexity index is 434. The summed E-state index contributed by atoms with van der Waals surface area (Å²) in [5.41, 5.74) is 2.90. The zero-order valence-electron chi connectivity index (χ0n) is 10.6. The minimum absolute atomic E-state index is 0.111. The Hall–Kier alpha value is -1.79. The van der Waals surface area contributed by atoms with Crippen molar-refractivity contribution in [2.75, 3.05) is 6.54 Å². The van der Waals surface area contributed by atoms with Crippen molar-refractivity contribution >= 4 is 5.97 Å². The van der Waals surface area contributed by atoms with Crippen molar-refractivity contribution < 1.29 is 9.90 Å². The van der Waals surface area contributed by atoms with Gasteiger partial charge < -0.3 is 9.90 Å². The summed E-state index contributed by atoms with van der Waals surface area (Å²) in [6.45, 7) is 2.20. The number of aryl methyl sites for hydroxylation is 1. The average Bonchev–Trinajstić information content (AvgIpc) is 2.80. The van der Waals surface area contributed by atoms with Crippen molar-refractivity contribution in [1.82, 2.24) is 5.32 Å². The Morgan fingerprint density at radius 3 is 2.83 bits per heavy atom. The molecule has 0 unspecified atom stereocenters. The maximum Gasteiger partial charge on any atom is 0.0578 e. The molecular formula is C15H18NO2-. The lowest BCUT2D eigenvalue weighted by molar-refractivity contribution is -0.305. The molecule has 96 valence electrons. The third kappa shape index (κ3) is 4.23. The molecule has 0 aromatic heterocycles. The van der Waals surface area contributed by atoms with Gasteiger partial charge in [0.25, 0.3) is 0 Å². The van der Waals surface area contributed by atoms with E-state index in [-0.39, 0.29) is 6.42 Å². The van der Waals surface area contributed by atoms with Crippen LogP contribution >= 0.6 is 0 Å². The number of benzene rings is 1. The topological polar surface area (TPSA) is 52.2 Å². The van der Waals surface area contributed by atoms with Crippen LogP contribution in [-0.2, 0) is 11.2 Å². The van der Waals surface area contributed by atoms with Gasteiger partial charge in [0.2, 0.25) is 0 Å². The monoisotopic (exact) mass is 244 g/mol. The van der Waals surface area contributed by atoms with Gasteiger partial charge in [-0.15, -0.1) is 6.42 Å². The largest absolute Gasteiger partial charge is 0.550 e. The number of carboxylic acid groups (broad SMARTS) is 1. The van der Waals surface area contributed by atoms with Crippen LogP contribution in [-0.4, -0.2) is 12.5 Å². The minimum atomic E-state index is -0.995. The molecule has 3 heteroatoms. The highest BCUT2D eigenvalue weighted by Gasteiger charge is 2.20. The maximum atomic E-state index is 9.26. The van der Waals surface area contributed by atoms with Crippen molar-refractivity contribution in [2.45, 2.75) is 32.2 Å². The number of nitrogens with one attached hydrogen (secondary N) is 1. The zero-order valence-corrected chi connectivity index (χ0v) is 10.6. The number of carbonyl (C=O) groups is 1. The molecule has 1 atom stereocenters. The van der Waals surface area contributed by atoms with Gasteiger partial charge in [-0.2, -0.15) is 0 Å². The third-order valence-corrected chi connectivity index (χ3v) is 2.87. The van der Waals surface area contributed by atoms with Crippen molar-refractivity contribution in [1.29, 1.82) is 0 Å². The summed E-state index contributed by atoms with van der Waals surface area (Å²) in [5, 5.41) is 12.6. The van der Waals surface area contributed by atoms with E-state index < -0.39 is 5.97 Å². The van der Waals surface area contributed by atoms with Gasteiger partial charge >= 0.3 is 0 Å². The van der Waals surface area contributed by atoms with E-state index in [0.717, 1.165) is 0 Å². The second-order valence-corrected chi connectivity index (χ2v) is 4.10. The van der Waals surface area contributed by atoms with Crippen molar-refractivity contribution in [3.05, 3.63) is 35.4 Å². The lowest BCUT2D eigenvalue weighted by Gasteiger charge is -2.10. The van der Waals surface area contributed by atoms with Crippen LogP contribution in [0, 0.1) is 12.3 Å². The fraction of sp³-hybridized carbons (Fsp3) is 0.400. The number of aliphatic carboxylic acids is 1. The van der Waals surface area contributed by atoms with E-state index in [2.05, 4.69) is 35.5 Å². The Kier molecular flexibility index (Phi) is 5.96. The van der Waals surface area contributed by atoms with E-state index in [9.17, 15) is 9.90 Å². The summed E-state index contributed by atoms with van der Waals surface area (Å²) in [6.07, 6.45) is 7.69. The summed E-state index contributed by atoms with van der Waals surface area (Å²) in [6, 6.07) is 9.06. The number of hydrogen-bond donors (Lipinski definition) is 1. The first-order valence-electron chi connectivity index (χ1n) is 6.13. The van der Waals surface area contributed by atoms with Crippen molar-refractivity contribution in [3.8, 4) is 12.3 Å². The van der Waals surface area contributed by atoms with Gasteiger partial charge in [-0.3, -0.25) is 5.32 Å². The molecular weight excluding hydrogens is 226 g/mol. The van der Waals surface area contributed by atoms with Gasteiger partial charge in [-0.1, -0.05) is 37.1 Å². The van der Waals surface area contributed by atoms with Crippen LogP contribution in [0.25, 0.3) is 0 Å². The number of rotatable bonds is 3. The molecule has 3 nitrogen and oxygen atoms in total. The highest BCUT2D eigenvalue weighted by atomic mass is 16.4. The number of hydrogen-bond acceptors (Lipinski definition) is 3. The molecule has 0 bridgehead atoms. The van der Waals surface area contributed by atoms with Crippen molar-refractivity contribution in [2.24, 2.45) is 0 Å². The molecule has 1 aromatic carbocycles. The van der Waals surface area contributed by atoms with Crippen LogP contribution < -0.4 is 10.4 Å². The van der Waals surface area contributed by atoms with Crippen LogP contribution in [0.4, 0.5) is 0 Å². The Morgan fingerprint density at radius 2 is 2.22 bits per heavy atom. The molecule has 0 saturated carbocycles. The molecule has 0 spiro atoms. The summed E-state index contributed by atoms with van der Waals surface area (Å²) in [4.78, 5) is 9.26. The van der Waals surface area contributed by atoms with Gasteiger partial charge in [-0.25, -0.2) is 0 Å². The van der Waals surface area contributed by atoms with E-state index in [1.54, 1.807) is 0 Å². The Morgan fingerprint density at radius 1 is 1.56 bits per heavy atom. The first-order chi connectivity index (χ1) is 8.69. The quantitative estimate of drug-likeness (QED) is 0.808. The second-order valence-electron chi connectivity index (χ2n) is 4.10. The normalized spacial score (nSPS) is 16.1. The number of carbonyl (C=O) groups excluding carboxylic acids is 1. The minimum Gasteiger partial charge on any atom is -0.550 e. The first kappa shape index (κ1) is 14.3. The van der Waals surface area contributed by atoms with Crippen LogP contribution in [0.15, 0.2) is 24.3 Å². The van der Waals surface area contributed by atoms with E-state index in [4.69, 9.17) is 6.42 Å². The van der Waals surface area contributed by atoms with Gasteiger partial charge in [-0.05, 0) is 30.4 Å². The maximum absolute atomic E-state index is 9.26. The van der Waals surface area contributed by atoms with Crippen LogP contribution in [0.1, 0.15) is 36.9 Å². The molecule has 0 saturated heterocycles. The molecule has 18 heavy (non-hydrogen) atoms. The molecule has 1 aliphatic carbocycles. The molecule has 0 aliphatic heterocycles. The molecule has 0 heterocycles. The van der Waals surface area contributed by atoms with E-state index in [1.165, 1.54) is 30.9 Å². The lowest BCUT2D eigenvalue weighted by atomic mass is 10.1. The van der Waals surface area contributed by atoms with Gasteiger partial charge in [0.1, 0.15) is 0 Å². The second kappa shape index (κ2) is 7.52. The summed E-state index contributed by atoms with van der Waals surface area (Å²) >= 11 is 0. The van der Waals surface area contributed by atoms with E-state index >= 15 is 0 Å². The average molecular weight is 244 g/mol. The Balaban J connectivity index is 0.000000280.